The van der Waals surface area contributed by atoms with E-state index in [9.17, 15) is 14.7 Å². The number of carboxylic acids is 1. The number of carboxylic acid groups (broad SMARTS) is 1. The predicted molar refractivity (Wildman–Crippen MR) is 67.2 cm³/mol. The van der Waals surface area contributed by atoms with Gasteiger partial charge in [0.15, 0.2) is 6.04 Å². The third-order valence-corrected chi connectivity index (χ3v) is 3.61. The van der Waals surface area contributed by atoms with E-state index in [2.05, 4.69) is 0 Å². The van der Waals surface area contributed by atoms with Crippen LogP contribution < -0.4 is 0 Å². The summed E-state index contributed by atoms with van der Waals surface area (Å²) >= 11 is 1.55. The van der Waals surface area contributed by atoms with Crippen LogP contribution in [0.25, 0.3) is 0 Å². The van der Waals surface area contributed by atoms with E-state index in [1.165, 1.54) is 4.90 Å². The van der Waals surface area contributed by atoms with E-state index in [1.807, 2.05) is 19.9 Å². The number of aliphatic carboxylic acids is 1. The number of amides is 1. The largest absolute Gasteiger partial charge is 0.479 e. The lowest BCUT2D eigenvalue weighted by atomic mass is 10.1. The highest BCUT2D eigenvalue weighted by Crippen LogP contribution is 2.30. The van der Waals surface area contributed by atoms with E-state index in [1.54, 1.807) is 25.2 Å². The average molecular weight is 255 g/mol. The summed E-state index contributed by atoms with van der Waals surface area (Å²) in [5.41, 5.74) is 0.709. The van der Waals surface area contributed by atoms with Gasteiger partial charge >= 0.3 is 5.97 Å². The molecule has 1 heterocycles. The number of aryl methyl sites for hydroxylation is 2. The molecule has 5 heteroatoms. The number of hydrogen-bond donors (Lipinski definition) is 1. The minimum atomic E-state index is -0.994. The van der Waals surface area contributed by atoms with Gasteiger partial charge in [0, 0.05) is 15.8 Å². The minimum Gasteiger partial charge on any atom is -0.479 e. The molecule has 4 nitrogen and oxygen atoms in total. The lowest BCUT2D eigenvalue weighted by Gasteiger charge is -2.28. The fourth-order valence-electron chi connectivity index (χ4n) is 1.82. The highest BCUT2D eigenvalue weighted by molar-refractivity contribution is 7.12. The number of carbonyl (C=O) groups is 2. The lowest BCUT2D eigenvalue weighted by Crippen LogP contribution is -2.38. The van der Waals surface area contributed by atoms with Crippen LogP contribution in [0, 0.1) is 13.8 Å². The zero-order valence-electron chi connectivity index (χ0n) is 10.4. The third-order valence-electron chi connectivity index (χ3n) is 2.62. The van der Waals surface area contributed by atoms with Crippen LogP contribution >= 0.6 is 11.3 Å². The van der Waals surface area contributed by atoms with Crippen LogP contribution in [0.4, 0.5) is 0 Å². The fourth-order valence-corrected chi connectivity index (χ4v) is 2.78. The molecule has 1 rings (SSSR count). The molecule has 0 spiro atoms. The number of nitrogens with zero attached hydrogens (tertiary/aromatic N) is 1. The Morgan fingerprint density at radius 2 is 2.06 bits per heavy atom. The molecule has 1 unspecified atom stereocenters. The van der Waals surface area contributed by atoms with Gasteiger partial charge in [-0.3, -0.25) is 4.79 Å². The Morgan fingerprint density at radius 3 is 2.35 bits per heavy atom. The van der Waals surface area contributed by atoms with Crippen molar-refractivity contribution in [2.75, 3.05) is 0 Å². The zero-order valence-corrected chi connectivity index (χ0v) is 11.2. The van der Waals surface area contributed by atoms with Crippen molar-refractivity contribution in [3.63, 3.8) is 0 Å². The maximum Gasteiger partial charge on any atom is 0.331 e. The molecule has 0 aromatic carbocycles. The Balaban J connectivity index is 3.22. The molecule has 1 amide bonds. The van der Waals surface area contributed by atoms with Gasteiger partial charge in [-0.15, -0.1) is 11.3 Å². The van der Waals surface area contributed by atoms with Gasteiger partial charge in [0.25, 0.3) is 0 Å². The molecular formula is C12H17NO3S. The van der Waals surface area contributed by atoms with Crippen molar-refractivity contribution in [2.24, 2.45) is 0 Å². The monoisotopic (exact) mass is 255 g/mol. The van der Waals surface area contributed by atoms with Crippen LogP contribution in [-0.2, 0) is 9.59 Å². The van der Waals surface area contributed by atoms with E-state index in [-0.39, 0.29) is 6.04 Å². The summed E-state index contributed by atoms with van der Waals surface area (Å²) in [4.78, 5) is 25.8. The summed E-state index contributed by atoms with van der Waals surface area (Å²) in [5, 5.41) is 9.31. The van der Waals surface area contributed by atoms with Gasteiger partial charge in [-0.1, -0.05) is 0 Å². The summed E-state index contributed by atoms with van der Waals surface area (Å²) in [5.74, 6) is -0.994. The first-order valence-corrected chi connectivity index (χ1v) is 6.22. The summed E-state index contributed by atoms with van der Waals surface area (Å²) in [6.45, 7) is 7.42. The first-order chi connectivity index (χ1) is 7.88. The lowest BCUT2D eigenvalue weighted by molar-refractivity contribution is -0.148. The second-order valence-corrected chi connectivity index (χ2v) is 5.72. The van der Waals surface area contributed by atoms with Crippen LogP contribution in [-0.4, -0.2) is 28.4 Å². The van der Waals surface area contributed by atoms with Crippen molar-refractivity contribution in [2.45, 2.75) is 39.8 Å². The van der Waals surface area contributed by atoms with E-state index >= 15 is 0 Å². The van der Waals surface area contributed by atoms with Crippen molar-refractivity contribution in [1.29, 1.82) is 0 Å². The number of rotatable bonds is 5. The highest BCUT2D eigenvalue weighted by atomic mass is 32.1. The van der Waals surface area contributed by atoms with E-state index in [0.29, 0.717) is 12.0 Å². The topological polar surface area (TPSA) is 57.6 Å². The molecule has 1 aromatic heterocycles. The van der Waals surface area contributed by atoms with Crippen molar-refractivity contribution in [3.8, 4) is 0 Å². The van der Waals surface area contributed by atoms with E-state index in [4.69, 9.17) is 0 Å². The fraction of sp³-hybridized carbons (Fsp3) is 0.500. The number of carbonyl (C=O) groups excluding carboxylic acids is 1. The van der Waals surface area contributed by atoms with Crippen molar-refractivity contribution in [1.82, 2.24) is 4.90 Å². The molecule has 1 N–H and O–H groups in total. The predicted octanol–water partition coefficient (Wildman–Crippen LogP) is 2.36. The van der Waals surface area contributed by atoms with Crippen molar-refractivity contribution >= 4 is 23.7 Å². The zero-order chi connectivity index (χ0) is 13.2. The first kappa shape index (κ1) is 13.7. The van der Waals surface area contributed by atoms with Crippen LogP contribution in [0.15, 0.2) is 6.07 Å². The van der Waals surface area contributed by atoms with Crippen molar-refractivity contribution < 1.29 is 14.7 Å². The van der Waals surface area contributed by atoms with E-state index < -0.39 is 12.0 Å². The molecule has 94 valence electrons. The molecule has 0 radical (unpaired) electrons. The summed E-state index contributed by atoms with van der Waals surface area (Å²) in [7, 11) is 0. The van der Waals surface area contributed by atoms with E-state index in [0.717, 1.165) is 9.75 Å². The quantitative estimate of drug-likeness (QED) is 0.822. The van der Waals surface area contributed by atoms with Gasteiger partial charge in [0.05, 0.1) is 0 Å². The molecular weight excluding hydrogens is 238 g/mol. The summed E-state index contributed by atoms with van der Waals surface area (Å²) in [6, 6.07) is 0.808. The van der Waals surface area contributed by atoms with Crippen LogP contribution in [0.5, 0.6) is 0 Å². The number of hydrogen-bond acceptors (Lipinski definition) is 3. The van der Waals surface area contributed by atoms with Crippen LogP contribution in [0.1, 0.15) is 35.2 Å². The molecule has 0 bridgehead atoms. The van der Waals surface area contributed by atoms with Crippen LogP contribution in [0.3, 0.4) is 0 Å². The molecule has 0 fully saturated rings. The minimum absolute atomic E-state index is 0.145. The second kappa shape index (κ2) is 5.31. The molecule has 1 atom stereocenters. The Labute approximate surface area is 105 Å². The Hall–Kier alpha value is -1.36. The normalized spacial score (nSPS) is 12.5. The first-order valence-electron chi connectivity index (χ1n) is 5.41. The summed E-state index contributed by atoms with van der Waals surface area (Å²) < 4.78 is 0. The molecule has 0 aliphatic rings. The van der Waals surface area contributed by atoms with Gasteiger partial charge in [-0.2, -0.15) is 0 Å². The molecule has 17 heavy (non-hydrogen) atoms. The Bertz CT molecular complexity index is 425. The molecule has 1 aromatic rings. The smallest absolute Gasteiger partial charge is 0.331 e. The van der Waals surface area contributed by atoms with Gasteiger partial charge in [-0.25, -0.2) is 4.79 Å². The highest BCUT2D eigenvalue weighted by Gasteiger charge is 2.30. The molecule has 0 saturated carbocycles. The average Bonchev–Trinajstić information content (AvgIpc) is 2.52. The van der Waals surface area contributed by atoms with Crippen molar-refractivity contribution in [3.05, 3.63) is 21.4 Å². The maximum absolute atomic E-state index is 11.4. The maximum atomic E-state index is 11.4. The van der Waals surface area contributed by atoms with Gasteiger partial charge in [-0.05, 0) is 39.3 Å². The van der Waals surface area contributed by atoms with Gasteiger partial charge < -0.3 is 10.0 Å². The second-order valence-electron chi connectivity index (χ2n) is 4.26. The molecule has 0 aliphatic carbocycles. The SMILES string of the molecule is Cc1cc(C(C(=O)O)N(C=O)C(C)C)c(C)s1. The summed E-state index contributed by atoms with van der Waals surface area (Å²) in [6.07, 6.45) is 0.607. The van der Waals surface area contributed by atoms with Gasteiger partial charge in [0.1, 0.15) is 0 Å². The standard InChI is InChI=1S/C12H17NO3S/c1-7(2)13(6-14)11(12(15)16)10-5-8(3)17-9(10)4/h5-7,11H,1-4H3,(H,15,16). The number of thiophene rings is 1. The molecule has 0 aliphatic heterocycles. The third kappa shape index (κ3) is 2.85. The Morgan fingerprint density at radius 1 is 1.47 bits per heavy atom. The van der Waals surface area contributed by atoms with Crippen LogP contribution in [0.2, 0.25) is 0 Å². The molecule has 0 saturated heterocycles. The van der Waals surface area contributed by atoms with Gasteiger partial charge in [0.2, 0.25) is 6.41 Å². The Kier molecular flexibility index (Phi) is 4.28.